The molecule has 0 aliphatic rings. The lowest BCUT2D eigenvalue weighted by molar-refractivity contribution is 0.413. The van der Waals surface area contributed by atoms with Gasteiger partial charge in [-0.2, -0.15) is 0 Å². The molecule has 2 aromatic carbocycles. The second kappa shape index (κ2) is 5.92. The van der Waals surface area contributed by atoms with Crippen LogP contribution in [0.3, 0.4) is 0 Å². The zero-order valence-electron chi connectivity index (χ0n) is 12.3. The minimum Gasteiger partial charge on any atom is -0.497 e. The fourth-order valence-electron chi connectivity index (χ4n) is 2.22. The largest absolute Gasteiger partial charge is 0.497 e. The van der Waals surface area contributed by atoms with Gasteiger partial charge in [0.25, 0.3) is 10.0 Å². The molecule has 0 amide bonds. The van der Waals surface area contributed by atoms with Crippen molar-refractivity contribution >= 4 is 15.7 Å². The van der Waals surface area contributed by atoms with Crippen molar-refractivity contribution in [1.29, 1.82) is 0 Å². The molecule has 4 nitrogen and oxygen atoms in total. The molecule has 0 bridgehead atoms. The van der Waals surface area contributed by atoms with E-state index >= 15 is 0 Å². The van der Waals surface area contributed by atoms with Crippen molar-refractivity contribution in [2.24, 2.45) is 0 Å². The number of aryl methyl sites for hydroxylation is 2. The van der Waals surface area contributed by atoms with Gasteiger partial charge in [-0.25, -0.2) is 17.2 Å². The monoisotopic (exact) mass is 327 g/mol. The van der Waals surface area contributed by atoms with Gasteiger partial charge in [0.15, 0.2) is 0 Å². The Hall–Kier alpha value is -2.15. The summed E-state index contributed by atoms with van der Waals surface area (Å²) in [6.45, 7) is 3.23. The third-order valence-electron chi connectivity index (χ3n) is 3.11. The molecule has 0 heterocycles. The second-order valence-electron chi connectivity index (χ2n) is 4.82. The number of rotatable bonds is 4. The summed E-state index contributed by atoms with van der Waals surface area (Å²) in [7, 11) is -2.52. The van der Waals surface area contributed by atoms with E-state index in [4.69, 9.17) is 4.74 Å². The Balaban J connectivity index is 2.47. The van der Waals surface area contributed by atoms with Crippen LogP contribution in [0.2, 0.25) is 0 Å². The van der Waals surface area contributed by atoms with Crippen molar-refractivity contribution in [2.45, 2.75) is 18.7 Å². The van der Waals surface area contributed by atoms with Crippen LogP contribution in [-0.4, -0.2) is 15.5 Å². The fraction of sp³-hybridized carbons (Fsp3) is 0.200. The van der Waals surface area contributed by atoms with Gasteiger partial charge in [0.05, 0.1) is 17.7 Å². The molecule has 0 radical (unpaired) electrons. The molecular formula is C15H15F2NO3S. The van der Waals surface area contributed by atoms with E-state index in [0.717, 1.165) is 12.1 Å². The van der Waals surface area contributed by atoms with Gasteiger partial charge in [0, 0.05) is 6.07 Å². The Labute approximate surface area is 127 Å². The van der Waals surface area contributed by atoms with E-state index in [1.165, 1.54) is 7.11 Å². The standard InChI is InChI=1S/C15H15F2NO3S/c1-9-6-12(21-3)7-10(2)15(9)22(19,20)18-14-5-4-11(16)8-13(14)17/h4-8,18H,1-3H3. The van der Waals surface area contributed by atoms with Gasteiger partial charge < -0.3 is 4.74 Å². The van der Waals surface area contributed by atoms with Crippen molar-refractivity contribution in [3.63, 3.8) is 0 Å². The van der Waals surface area contributed by atoms with Crippen LogP contribution >= 0.6 is 0 Å². The number of sulfonamides is 1. The first kappa shape index (κ1) is 16.2. The third-order valence-corrected chi connectivity index (χ3v) is 4.78. The Morgan fingerprint density at radius 1 is 1.05 bits per heavy atom. The number of anilines is 1. The smallest absolute Gasteiger partial charge is 0.262 e. The van der Waals surface area contributed by atoms with E-state index in [-0.39, 0.29) is 10.6 Å². The lowest BCUT2D eigenvalue weighted by atomic mass is 10.1. The molecule has 0 spiro atoms. The summed E-state index contributed by atoms with van der Waals surface area (Å²) in [5, 5.41) is 0. The highest BCUT2D eigenvalue weighted by Gasteiger charge is 2.22. The molecule has 0 aromatic heterocycles. The molecule has 22 heavy (non-hydrogen) atoms. The number of nitrogens with one attached hydrogen (secondary N) is 1. The summed E-state index contributed by atoms with van der Waals surface area (Å²) in [6, 6.07) is 5.78. The van der Waals surface area contributed by atoms with Crippen LogP contribution in [0.25, 0.3) is 0 Å². The Morgan fingerprint density at radius 2 is 1.64 bits per heavy atom. The first-order valence-electron chi connectivity index (χ1n) is 6.37. The first-order chi connectivity index (χ1) is 10.2. The molecule has 1 N–H and O–H groups in total. The van der Waals surface area contributed by atoms with Crippen LogP contribution in [0.5, 0.6) is 5.75 Å². The van der Waals surface area contributed by atoms with Crippen molar-refractivity contribution in [1.82, 2.24) is 0 Å². The third kappa shape index (κ3) is 3.19. The lowest BCUT2D eigenvalue weighted by Gasteiger charge is -2.14. The zero-order valence-corrected chi connectivity index (χ0v) is 13.1. The van der Waals surface area contributed by atoms with E-state index in [1.807, 2.05) is 0 Å². The normalized spacial score (nSPS) is 11.3. The summed E-state index contributed by atoms with van der Waals surface area (Å²) < 4.78 is 58.7. The topological polar surface area (TPSA) is 55.4 Å². The number of methoxy groups -OCH3 is 1. The molecule has 0 saturated heterocycles. The molecule has 0 saturated carbocycles. The predicted molar refractivity (Wildman–Crippen MR) is 79.6 cm³/mol. The van der Waals surface area contributed by atoms with Crippen LogP contribution < -0.4 is 9.46 Å². The van der Waals surface area contributed by atoms with E-state index in [1.54, 1.807) is 26.0 Å². The maximum absolute atomic E-state index is 13.6. The summed E-state index contributed by atoms with van der Waals surface area (Å²) in [6.07, 6.45) is 0. The molecule has 0 atom stereocenters. The number of ether oxygens (including phenoxy) is 1. The zero-order chi connectivity index (χ0) is 16.5. The van der Waals surface area contributed by atoms with Crippen LogP contribution in [-0.2, 0) is 10.0 Å². The van der Waals surface area contributed by atoms with Crippen LogP contribution in [0.1, 0.15) is 11.1 Å². The van der Waals surface area contributed by atoms with Crippen LogP contribution in [0.4, 0.5) is 14.5 Å². The minimum absolute atomic E-state index is 0.0389. The summed E-state index contributed by atoms with van der Waals surface area (Å²) in [4.78, 5) is 0.0389. The average molecular weight is 327 g/mol. The van der Waals surface area contributed by atoms with E-state index in [0.29, 0.717) is 22.9 Å². The van der Waals surface area contributed by atoms with Crippen LogP contribution in [0.15, 0.2) is 35.2 Å². The molecule has 2 rings (SSSR count). The van der Waals surface area contributed by atoms with Gasteiger partial charge in [0.1, 0.15) is 17.4 Å². The van der Waals surface area contributed by atoms with Crippen LogP contribution in [0, 0.1) is 25.5 Å². The molecule has 2 aromatic rings. The molecular weight excluding hydrogens is 312 g/mol. The SMILES string of the molecule is COc1cc(C)c(S(=O)(=O)Nc2ccc(F)cc2F)c(C)c1. The van der Waals surface area contributed by atoms with Crippen molar-refractivity contribution < 1.29 is 21.9 Å². The highest BCUT2D eigenvalue weighted by Crippen LogP contribution is 2.28. The van der Waals surface area contributed by atoms with Crippen molar-refractivity contribution in [3.05, 3.63) is 53.1 Å². The Morgan fingerprint density at radius 3 is 2.14 bits per heavy atom. The van der Waals surface area contributed by atoms with Gasteiger partial charge in [-0.15, -0.1) is 0 Å². The predicted octanol–water partition coefficient (Wildman–Crippen LogP) is 3.39. The Kier molecular flexibility index (Phi) is 4.37. The van der Waals surface area contributed by atoms with E-state index in [9.17, 15) is 17.2 Å². The highest BCUT2D eigenvalue weighted by molar-refractivity contribution is 7.92. The summed E-state index contributed by atoms with van der Waals surface area (Å²) in [5.74, 6) is -1.23. The van der Waals surface area contributed by atoms with Gasteiger partial charge in [-0.05, 0) is 49.2 Å². The maximum Gasteiger partial charge on any atom is 0.262 e. The maximum atomic E-state index is 13.6. The van der Waals surface area contributed by atoms with E-state index < -0.39 is 21.7 Å². The van der Waals surface area contributed by atoms with Crippen molar-refractivity contribution in [3.8, 4) is 5.75 Å². The molecule has 0 unspecified atom stereocenters. The second-order valence-corrected chi connectivity index (χ2v) is 6.44. The minimum atomic E-state index is -4.00. The molecule has 7 heteroatoms. The Bertz CT molecular complexity index is 797. The molecule has 0 aliphatic carbocycles. The van der Waals surface area contributed by atoms with Gasteiger partial charge >= 0.3 is 0 Å². The van der Waals surface area contributed by atoms with Gasteiger partial charge in [-0.3, -0.25) is 4.72 Å². The first-order valence-corrected chi connectivity index (χ1v) is 7.86. The number of benzene rings is 2. The van der Waals surface area contributed by atoms with E-state index in [2.05, 4.69) is 4.72 Å². The van der Waals surface area contributed by atoms with Crippen molar-refractivity contribution in [2.75, 3.05) is 11.8 Å². The summed E-state index contributed by atoms with van der Waals surface area (Å²) in [5.41, 5.74) is 0.620. The molecule has 0 fully saturated rings. The molecule has 118 valence electrons. The highest BCUT2D eigenvalue weighted by atomic mass is 32.2. The fourth-order valence-corrected chi connectivity index (χ4v) is 3.74. The van der Waals surface area contributed by atoms with Gasteiger partial charge in [0.2, 0.25) is 0 Å². The number of hydrogen-bond donors (Lipinski definition) is 1. The average Bonchev–Trinajstić information content (AvgIpc) is 2.40. The lowest BCUT2D eigenvalue weighted by Crippen LogP contribution is -2.16. The quantitative estimate of drug-likeness (QED) is 0.936. The summed E-state index contributed by atoms with van der Waals surface area (Å²) >= 11 is 0. The molecule has 0 aliphatic heterocycles. The number of halogens is 2. The van der Waals surface area contributed by atoms with Gasteiger partial charge in [-0.1, -0.05) is 0 Å². The number of hydrogen-bond acceptors (Lipinski definition) is 3.